The van der Waals surface area contributed by atoms with E-state index in [1.807, 2.05) is 0 Å². The van der Waals surface area contributed by atoms with Crippen molar-refractivity contribution in [2.24, 2.45) is 11.7 Å². The molecule has 2 aromatic rings. The maximum Gasteiger partial charge on any atom is 0.408 e. The molecule has 2 N–H and O–H groups in total. The fourth-order valence-corrected chi connectivity index (χ4v) is 5.58. The number of benzene rings is 2. The number of carbonyl (C=O) groups excluding carboxylic acids is 1. The SMILES string of the molecule is CC(C)C[C@@H](C(N)=O)N([C@H](C#N)CCS(C)(=O)=O)[C@@H](c1ccc(-c2ccc(S(C)(=O)=O)cc2)cc1)C(F)(F)F. The van der Waals surface area contributed by atoms with Crippen LogP contribution in [0.1, 0.15) is 38.3 Å². The number of nitrogens with two attached hydrogens (primary N) is 1. The molecule has 0 aliphatic heterocycles. The van der Waals surface area contributed by atoms with Crippen molar-refractivity contribution in [3.8, 4) is 17.2 Å². The number of hydrogen-bond acceptors (Lipinski definition) is 7. The molecular weight excluding hydrogens is 555 g/mol. The van der Waals surface area contributed by atoms with E-state index in [0.29, 0.717) is 16.0 Å². The third-order valence-electron chi connectivity index (χ3n) is 6.10. The van der Waals surface area contributed by atoms with E-state index < -0.39 is 62.1 Å². The summed E-state index contributed by atoms with van der Waals surface area (Å²) in [5, 5.41) is 9.84. The van der Waals surface area contributed by atoms with Crippen LogP contribution in [0.15, 0.2) is 53.4 Å². The fraction of sp³-hybridized carbons (Fsp3) is 0.462. The van der Waals surface area contributed by atoms with Crippen molar-refractivity contribution in [2.45, 2.75) is 55.9 Å². The lowest BCUT2D eigenvalue weighted by molar-refractivity contribution is -0.198. The monoisotopic (exact) mass is 587 g/mol. The van der Waals surface area contributed by atoms with Gasteiger partial charge in [-0.3, -0.25) is 9.69 Å². The molecule has 8 nitrogen and oxygen atoms in total. The first-order valence-corrected chi connectivity index (χ1v) is 15.9. The summed E-state index contributed by atoms with van der Waals surface area (Å²) in [4.78, 5) is 13.2. The standard InChI is InChI=1S/C26H32F3N3O5S2/c1-17(2)15-23(25(31)33)32(21(16-30)13-14-38(3,34)35)24(26(27,28)29)20-7-5-18(6-8-20)19-9-11-22(12-10-19)39(4,36)37/h5-12,17,21,23-24H,13-15H2,1-4H3,(H2,31,33)/t21-,23-,24-/m0/s1. The average molecular weight is 588 g/mol. The summed E-state index contributed by atoms with van der Waals surface area (Å²) in [6, 6.07) is 7.36. The number of primary amides is 1. The Hall–Kier alpha value is -2.95. The van der Waals surface area contributed by atoms with Gasteiger partial charge in [-0.25, -0.2) is 16.8 Å². The predicted octanol–water partition coefficient (Wildman–Crippen LogP) is 3.89. The number of halogens is 3. The number of hydrogen-bond donors (Lipinski definition) is 1. The average Bonchev–Trinajstić information content (AvgIpc) is 2.80. The van der Waals surface area contributed by atoms with Gasteiger partial charge in [-0.05, 0) is 47.6 Å². The third-order valence-corrected chi connectivity index (χ3v) is 8.21. The Bertz CT molecular complexity index is 1400. The van der Waals surface area contributed by atoms with Gasteiger partial charge in [0.05, 0.1) is 22.8 Å². The summed E-state index contributed by atoms with van der Waals surface area (Å²) in [5.41, 5.74) is 6.34. The van der Waals surface area contributed by atoms with Crippen LogP contribution in [0.5, 0.6) is 0 Å². The second kappa shape index (κ2) is 12.5. The zero-order valence-electron chi connectivity index (χ0n) is 22.0. The Kier molecular flexibility index (Phi) is 10.3. The van der Waals surface area contributed by atoms with Gasteiger partial charge in [0.25, 0.3) is 0 Å². The summed E-state index contributed by atoms with van der Waals surface area (Å²) in [5.74, 6) is -1.87. The Morgan fingerprint density at radius 2 is 1.46 bits per heavy atom. The van der Waals surface area contributed by atoms with Crippen LogP contribution in [0.2, 0.25) is 0 Å². The van der Waals surface area contributed by atoms with Crippen molar-refractivity contribution >= 4 is 25.6 Å². The largest absolute Gasteiger partial charge is 0.408 e. The highest BCUT2D eigenvalue weighted by molar-refractivity contribution is 7.91. The van der Waals surface area contributed by atoms with Gasteiger partial charge >= 0.3 is 6.18 Å². The van der Waals surface area contributed by atoms with Crippen molar-refractivity contribution in [3.63, 3.8) is 0 Å². The van der Waals surface area contributed by atoms with Crippen LogP contribution in [0.3, 0.4) is 0 Å². The molecule has 1 amide bonds. The van der Waals surface area contributed by atoms with Crippen molar-refractivity contribution in [2.75, 3.05) is 18.3 Å². The normalized spacial score (nSPS) is 15.1. The molecule has 0 aliphatic rings. The topological polar surface area (TPSA) is 138 Å². The van der Waals surface area contributed by atoms with E-state index in [0.717, 1.165) is 12.5 Å². The maximum absolute atomic E-state index is 14.7. The minimum atomic E-state index is -4.95. The number of alkyl halides is 3. The zero-order chi connectivity index (χ0) is 29.8. The number of sulfone groups is 2. The molecule has 2 aromatic carbocycles. The van der Waals surface area contributed by atoms with Gasteiger partial charge in [0.2, 0.25) is 5.91 Å². The first kappa shape index (κ1) is 32.3. The summed E-state index contributed by atoms with van der Waals surface area (Å²) in [6.45, 7) is 3.39. The minimum Gasteiger partial charge on any atom is -0.368 e. The van der Waals surface area contributed by atoms with Crippen molar-refractivity contribution in [3.05, 3.63) is 54.1 Å². The van der Waals surface area contributed by atoms with Crippen LogP contribution < -0.4 is 5.73 Å². The zero-order valence-corrected chi connectivity index (χ0v) is 23.6. The smallest absolute Gasteiger partial charge is 0.368 e. The molecule has 0 fully saturated rings. The van der Waals surface area contributed by atoms with Crippen LogP contribution in [-0.4, -0.2) is 64.2 Å². The second-order valence-electron chi connectivity index (χ2n) is 9.92. The van der Waals surface area contributed by atoms with Crippen LogP contribution in [-0.2, 0) is 24.5 Å². The molecule has 39 heavy (non-hydrogen) atoms. The lowest BCUT2D eigenvalue weighted by atomic mass is 9.93. The maximum atomic E-state index is 14.7. The third kappa shape index (κ3) is 9.05. The molecule has 0 radical (unpaired) electrons. The Morgan fingerprint density at radius 3 is 1.82 bits per heavy atom. The van der Waals surface area contributed by atoms with E-state index in [-0.39, 0.29) is 22.8 Å². The number of rotatable bonds is 12. The fourth-order valence-electron chi connectivity index (χ4n) is 4.30. The molecule has 3 atom stereocenters. The molecule has 0 aromatic heterocycles. The number of carbonyl (C=O) groups is 1. The van der Waals surface area contributed by atoms with Crippen molar-refractivity contribution < 1.29 is 34.8 Å². The summed E-state index contributed by atoms with van der Waals surface area (Å²) < 4.78 is 91.0. The Balaban J connectivity index is 2.63. The van der Waals surface area contributed by atoms with E-state index in [1.165, 1.54) is 48.5 Å². The molecule has 0 unspecified atom stereocenters. The summed E-state index contributed by atoms with van der Waals surface area (Å²) in [6.07, 6.45) is -3.52. The molecule has 0 heterocycles. The van der Waals surface area contributed by atoms with Crippen LogP contribution in [0, 0.1) is 17.2 Å². The van der Waals surface area contributed by atoms with Crippen LogP contribution in [0.25, 0.3) is 11.1 Å². The Labute approximate surface area is 227 Å². The van der Waals surface area contributed by atoms with Crippen LogP contribution >= 0.6 is 0 Å². The molecule has 0 saturated carbocycles. The van der Waals surface area contributed by atoms with E-state index in [4.69, 9.17) is 5.73 Å². The highest BCUT2D eigenvalue weighted by atomic mass is 32.2. The van der Waals surface area contributed by atoms with Gasteiger partial charge in [0, 0.05) is 12.5 Å². The van der Waals surface area contributed by atoms with E-state index in [9.17, 15) is 40.1 Å². The molecule has 0 bridgehead atoms. The van der Waals surface area contributed by atoms with Gasteiger partial charge < -0.3 is 5.73 Å². The van der Waals surface area contributed by atoms with Gasteiger partial charge in [0.15, 0.2) is 9.84 Å². The van der Waals surface area contributed by atoms with Gasteiger partial charge in [-0.1, -0.05) is 50.2 Å². The molecular formula is C26H32F3N3O5S2. The molecule has 13 heteroatoms. The second-order valence-corrected chi connectivity index (χ2v) is 14.2. The summed E-state index contributed by atoms with van der Waals surface area (Å²) in [7, 11) is -7.05. The molecule has 0 saturated heterocycles. The van der Waals surface area contributed by atoms with Crippen molar-refractivity contribution in [1.82, 2.24) is 4.90 Å². The van der Waals surface area contributed by atoms with Gasteiger partial charge in [-0.2, -0.15) is 18.4 Å². The highest BCUT2D eigenvalue weighted by Gasteiger charge is 2.50. The lowest BCUT2D eigenvalue weighted by Gasteiger charge is -2.41. The van der Waals surface area contributed by atoms with E-state index in [1.54, 1.807) is 19.9 Å². The minimum absolute atomic E-state index is 0.0796. The van der Waals surface area contributed by atoms with E-state index in [2.05, 4.69) is 0 Å². The first-order chi connectivity index (χ1) is 17.8. The summed E-state index contributed by atoms with van der Waals surface area (Å²) >= 11 is 0. The molecule has 214 valence electrons. The van der Waals surface area contributed by atoms with Gasteiger partial charge in [0.1, 0.15) is 21.9 Å². The number of nitrogens with zero attached hydrogens (tertiary/aromatic N) is 2. The van der Waals surface area contributed by atoms with E-state index >= 15 is 0 Å². The number of nitriles is 1. The van der Waals surface area contributed by atoms with Crippen molar-refractivity contribution in [1.29, 1.82) is 5.26 Å². The number of amides is 1. The van der Waals surface area contributed by atoms with Crippen LogP contribution in [0.4, 0.5) is 13.2 Å². The molecule has 2 rings (SSSR count). The first-order valence-electron chi connectivity index (χ1n) is 12.0. The highest BCUT2D eigenvalue weighted by Crippen LogP contribution is 2.42. The lowest BCUT2D eigenvalue weighted by Crippen LogP contribution is -2.55. The van der Waals surface area contributed by atoms with Gasteiger partial charge in [-0.15, -0.1) is 0 Å². The molecule has 0 spiro atoms. The Morgan fingerprint density at radius 1 is 0.974 bits per heavy atom. The quantitative estimate of drug-likeness (QED) is 0.398. The molecule has 0 aliphatic carbocycles. The predicted molar refractivity (Wildman–Crippen MR) is 142 cm³/mol.